The molecule has 0 fully saturated rings. The van der Waals surface area contributed by atoms with E-state index in [0.717, 1.165) is 16.9 Å². The normalized spacial score (nSPS) is 10.7. The fourth-order valence-electron chi connectivity index (χ4n) is 2.31. The molecule has 1 aromatic heterocycles. The second-order valence-corrected chi connectivity index (χ2v) is 4.42. The van der Waals surface area contributed by atoms with E-state index in [4.69, 9.17) is 5.73 Å². The Labute approximate surface area is 106 Å². The molecule has 0 atom stereocenters. The van der Waals surface area contributed by atoms with Gasteiger partial charge in [0.05, 0.1) is 0 Å². The standard InChI is InChI=1S/C16H14N2/c1-11-14-6-3-7-15(16(14)8-9-18-11)12-4-2-5-13(17)10-12/h2-10H,17H2,1H3. The van der Waals surface area contributed by atoms with Crippen LogP contribution in [0.2, 0.25) is 0 Å². The van der Waals surface area contributed by atoms with Crippen LogP contribution in [-0.2, 0) is 0 Å². The Hall–Kier alpha value is -2.35. The molecule has 3 rings (SSSR count). The smallest absolute Gasteiger partial charge is 0.0451 e. The average molecular weight is 234 g/mol. The molecule has 3 aromatic rings. The van der Waals surface area contributed by atoms with E-state index in [2.05, 4.69) is 35.3 Å². The Morgan fingerprint density at radius 2 is 1.78 bits per heavy atom. The molecule has 1 heterocycles. The molecule has 0 radical (unpaired) electrons. The van der Waals surface area contributed by atoms with Crippen LogP contribution in [0.3, 0.4) is 0 Å². The molecule has 2 aromatic carbocycles. The largest absolute Gasteiger partial charge is 0.399 e. The molecule has 0 bridgehead atoms. The van der Waals surface area contributed by atoms with E-state index in [9.17, 15) is 0 Å². The van der Waals surface area contributed by atoms with Gasteiger partial charge in [-0.2, -0.15) is 0 Å². The molecular weight excluding hydrogens is 220 g/mol. The second kappa shape index (κ2) is 4.15. The summed E-state index contributed by atoms with van der Waals surface area (Å²) < 4.78 is 0. The van der Waals surface area contributed by atoms with Crippen LogP contribution in [0, 0.1) is 6.92 Å². The number of pyridine rings is 1. The molecule has 2 heteroatoms. The summed E-state index contributed by atoms with van der Waals surface area (Å²) >= 11 is 0. The van der Waals surface area contributed by atoms with Gasteiger partial charge in [-0.3, -0.25) is 4.98 Å². The summed E-state index contributed by atoms with van der Waals surface area (Å²) in [7, 11) is 0. The van der Waals surface area contributed by atoms with Gasteiger partial charge >= 0.3 is 0 Å². The molecular formula is C16H14N2. The minimum atomic E-state index is 0.787. The van der Waals surface area contributed by atoms with Crippen molar-refractivity contribution in [1.82, 2.24) is 4.98 Å². The Kier molecular flexibility index (Phi) is 2.49. The number of nitrogens with zero attached hydrogens (tertiary/aromatic N) is 1. The van der Waals surface area contributed by atoms with E-state index >= 15 is 0 Å². The van der Waals surface area contributed by atoms with E-state index in [0.29, 0.717) is 0 Å². The predicted octanol–water partition coefficient (Wildman–Crippen LogP) is 3.79. The Bertz CT molecular complexity index is 717. The van der Waals surface area contributed by atoms with Gasteiger partial charge in [-0.25, -0.2) is 0 Å². The summed E-state index contributed by atoms with van der Waals surface area (Å²) in [5.74, 6) is 0. The number of benzene rings is 2. The molecule has 0 saturated carbocycles. The first kappa shape index (κ1) is 10.8. The lowest BCUT2D eigenvalue weighted by Crippen LogP contribution is -1.88. The molecule has 0 amide bonds. The van der Waals surface area contributed by atoms with Crippen molar-refractivity contribution in [2.45, 2.75) is 6.92 Å². The Balaban J connectivity index is 2.33. The fraction of sp³-hybridized carbons (Fsp3) is 0.0625. The zero-order valence-electron chi connectivity index (χ0n) is 10.2. The maximum atomic E-state index is 5.86. The molecule has 0 spiro atoms. The predicted molar refractivity (Wildman–Crippen MR) is 76.3 cm³/mol. The van der Waals surface area contributed by atoms with Crippen molar-refractivity contribution in [1.29, 1.82) is 0 Å². The summed E-state index contributed by atoms with van der Waals surface area (Å²) in [4.78, 5) is 4.33. The molecule has 88 valence electrons. The molecule has 0 aliphatic heterocycles. The van der Waals surface area contributed by atoms with Crippen molar-refractivity contribution >= 4 is 16.5 Å². The van der Waals surface area contributed by atoms with E-state index in [1.807, 2.05) is 31.3 Å². The molecule has 0 aliphatic carbocycles. The number of nitrogens with two attached hydrogens (primary N) is 1. The minimum absolute atomic E-state index is 0.787. The van der Waals surface area contributed by atoms with Gasteiger partial charge in [0.1, 0.15) is 0 Å². The molecule has 2 nitrogen and oxygen atoms in total. The van der Waals surface area contributed by atoms with Crippen LogP contribution < -0.4 is 5.73 Å². The number of hydrogen-bond donors (Lipinski definition) is 1. The first-order chi connectivity index (χ1) is 8.75. The van der Waals surface area contributed by atoms with E-state index < -0.39 is 0 Å². The third kappa shape index (κ3) is 1.72. The molecule has 18 heavy (non-hydrogen) atoms. The Morgan fingerprint density at radius 3 is 2.61 bits per heavy atom. The van der Waals surface area contributed by atoms with Crippen LogP contribution in [0.4, 0.5) is 5.69 Å². The SMILES string of the molecule is Cc1nccc2c(-c3cccc(N)c3)cccc12. The number of nitrogen functional groups attached to an aromatic ring is 1. The number of anilines is 1. The molecule has 0 unspecified atom stereocenters. The first-order valence-electron chi connectivity index (χ1n) is 5.96. The van der Waals surface area contributed by atoms with Gasteiger partial charge in [0.25, 0.3) is 0 Å². The number of rotatable bonds is 1. The zero-order chi connectivity index (χ0) is 12.5. The van der Waals surface area contributed by atoms with Crippen LogP contribution in [0.5, 0.6) is 0 Å². The van der Waals surface area contributed by atoms with Crippen molar-refractivity contribution < 1.29 is 0 Å². The maximum absolute atomic E-state index is 5.86. The molecule has 0 saturated heterocycles. The highest BCUT2D eigenvalue weighted by atomic mass is 14.7. The fourth-order valence-corrected chi connectivity index (χ4v) is 2.31. The van der Waals surface area contributed by atoms with Crippen LogP contribution in [-0.4, -0.2) is 4.98 Å². The zero-order valence-corrected chi connectivity index (χ0v) is 10.2. The summed E-state index contributed by atoms with van der Waals surface area (Å²) in [6, 6.07) is 16.3. The van der Waals surface area contributed by atoms with E-state index in [-0.39, 0.29) is 0 Å². The van der Waals surface area contributed by atoms with Crippen LogP contribution in [0.1, 0.15) is 5.69 Å². The quantitative estimate of drug-likeness (QED) is 0.650. The van der Waals surface area contributed by atoms with Gasteiger partial charge < -0.3 is 5.73 Å². The topological polar surface area (TPSA) is 38.9 Å². The third-order valence-electron chi connectivity index (χ3n) is 3.20. The highest BCUT2D eigenvalue weighted by Crippen LogP contribution is 2.30. The first-order valence-corrected chi connectivity index (χ1v) is 5.96. The van der Waals surface area contributed by atoms with Crippen molar-refractivity contribution in [2.75, 3.05) is 5.73 Å². The van der Waals surface area contributed by atoms with Gasteiger partial charge in [-0.05, 0) is 41.6 Å². The molecule has 2 N–H and O–H groups in total. The highest BCUT2D eigenvalue weighted by molar-refractivity contribution is 5.97. The summed E-state index contributed by atoms with van der Waals surface area (Å²) in [5, 5.41) is 2.41. The van der Waals surface area contributed by atoms with Crippen molar-refractivity contribution in [3.63, 3.8) is 0 Å². The van der Waals surface area contributed by atoms with Crippen LogP contribution >= 0.6 is 0 Å². The Morgan fingerprint density at radius 1 is 0.944 bits per heavy atom. The third-order valence-corrected chi connectivity index (χ3v) is 3.20. The number of aromatic nitrogens is 1. The lowest BCUT2D eigenvalue weighted by Gasteiger charge is -2.08. The maximum Gasteiger partial charge on any atom is 0.0451 e. The number of aryl methyl sites for hydroxylation is 1. The number of fused-ring (bicyclic) bond motifs is 1. The van der Waals surface area contributed by atoms with Gasteiger partial charge in [-0.1, -0.05) is 30.3 Å². The van der Waals surface area contributed by atoms with Crippen LogP contribution in [0.25, 0.3) is 21.9 Å². The van der Waals surface area contributed by atoms with Gasteiger partial charge in [-0.15, -0.1) is 0 Å². The summed E-state index contributed by atoms with van der Waals surface area (Å²) in [6.07, 6.45) is 1.85. The number of hydrogen-bond acceptors (Lipinski definition) is 2. The minimum Gasteiger partial charge on any atom is -0.399 e. The monoisotopic (exact) mass is 234 g/mol. The van der Waals surface area contributed by atoms with E-state index in [1.54, 1.807) is 0 Å². The van der Waals surface area contributed by atoms with Crippen molar-refractivity contribution in [2.24, 2.45) is 0 Å². The second-order valence-electron chi connectivity index (χ2n) is 4.42. The van der Waals surface area contributed by atoms with Gasteiger partial charge in [0.15, 0.2) is 0 Å². The lowest BCUT2D eigenvalue weighted by atomic mass is 9.98. The lowest BCUT2D eigenvalue weighted by molar-refractivity contribution is 1.24. The van der Waals surface area contributed by atoms with Crippen molar-refractivity contribution in [3.05, 3.63) is 60.4 Å². The average Bonchev–Trinajstić information content (AvgIpc) is 2.39. The summed E-state index contributed by atoms with van der Waals surface area (Å²) in [6.45, 7) is 2.03. The molecule has 0 aliphatic rings. The van der Waals surface area contributed by atoms with Gasteiger partial charge in [0.2, 0.25) is 0 Å². The highest BCUT2D eigenvalue weighted by Gasteiger charge is 2.05. The van der Waals surface area contributed by atoms with Gasteiger partial charge in [0, 0.05) is 23.0 Å². The van der Waals surface area contributed by atoms with E-state index in [1.165, 1.54) is 16.3 Å². The summed E-state index contributed by atoms with van der Waals surface area (Å²) in [5.41, 5.74) is 10.0. The van der Waals surface area contributed by atoms with Crippen molar-refractivity contribution in [3.8, 4) is 11.1 Å². The van der Waals surface area contributed by atoms with Crippen LogP contribution in [0.15, 0.2) is 54.7 Å².